The van der Waals surface area contributed by atoms with E-state index in [1.54, 1.807) is 0 Å². The molecule has 0 aliphatic heterocycles. The third-order valence-corrected chi connectivity index (χ3v) is 8.21. The van der Waals surface area contributed by atoms with Gasteiger partial charge in [0.15, 0.2) is 0 Å². The molecule has 2 amide bonds. The van der Waals surface area contributed by atoms with E-state index in [-0.39, 0.29) is 11.8 Å². The Morgan fingerprint density at radius 3 is 0.920 bits per heavy atom. The van der Waals surface area contributed by atoms with Crippen LogP contribution in [0.4, 0.5) is 0 Å². The molecule has 0 fully saturated rings. The minimum Gasteiger partial charge on any atom is -0.356 e. The quantitative estimate of drug-likeness (QED) is 0.0514. The molecule has 0 radical (unpaired) electrons. The molecule has 0 aliphatic rings. The van der Waals surface area contributed by atoms with Gasteiger partial charge in [-0.1, -0.05) is 150 Å². The summed E-state index contributed by atoms with van der Waals surface area (Å²) in [4.78, 5) is 24.1. The summed E-state index contributed by atoms with van der Waals surface area (Å²) in [6.45, 7) is 5.97. The number of amides is 2. The minimum atomic E-state index is 0.152. The van der Waals surface area contributed by atoms with Crippen LogP contribution in [0.15, 0.2) is 97.2 Å². The molecular weight excluding hydrogens is 613 g/mol. The molecule has 0 rings (SSSR count). The van der Waals surface area contributed by atoms with E-state index in [2.05, 4.69) is 122 Å². The first-order valence-electron chi connectivity index (χ1n) is 20.4. The molecule has 4 nitrogen and oxygen atoms in total. The zero-order chi connectivity index (χ0) is 36.3. The molecule has 50 heavy (non-hydrogen) atoms. The van der Waals surface area contributed by atoms with Crippen molar-refractivity contribution in [3.8, 4) is 0 Å². The van der Waals surface area contributed by atoms with Crippen LogP contribution < -0.4 is 10.6 Å². The third-order valence-electron chi connectivity index (χ3n) is 8.21. The van der Waals surface area contributed by atoms with Gasteiger partial charge in [-0.05, 0) is 103 Å². The highest BCUT2D eigenvalue weighted by Gasteiger charge is 2.01. The van der Waals surface area contributed by atoms with E-state index in [0.717, 1.165) is 103 Å². The largest absolute Gasteiger partial charge is 0.356 e. The summed E-state index contributed by atoms with van der Waals surface area (Å²) in [5.74, 6) is 0.304. The summed E-state index contributed by atoms with van der Waals surface area (Å²) in [6.07, 6.45) is 60.9. The summed E-state index contributed by atoms with van der Waals surface area (Å²) in [5.41, 5.74) is 0. The van der Waals surface area contributed by atoms with Crippen LogP contribution in [0.2, 0.25) is 0 Å². The van der Waals surface area contributed by atoms with Crippen LogP contribution in [0.3, 0.4) is 0 Å². The SMILES string of the molecule is CCCCC/C=C\C/C=C\C/C=C\C/C=C\CCCC(=O)NCCCCCCNC(=O)CCC/C=C\C/C=C\C/C=C\C/C=C\CCCCC. The Kier molecular flexibility index (Phi) is 39.4. The number of rotatable bonds is 35. The lowest BCUT2D eigenvalue weighted by atomic mass is 10.1. The van der Waals surface area contributed by atoms with Gasteiger partial charge in [0.25, 0.3) is 0 Å². The Hall–Kier alpha value is -3.14. The van der Waals surface area contributed by atoms with Crippen LogP contribution in [-0.2, 0) is 9.59 Å². The first kappa shape index (κ1) is 46.9. The molecule has 2 N–H and O–H groups in total. The standard InChI is InChI=1S/C46H76N2O2/c1-3-5-7-9-11-13-15-17-19-21-23-25-27-29-31-33-37-41-45(49)47-43-39-35-36-40-44-48-46(50)42-38-34-32-30-28-26-24-22-20-18-16-14-12-10-8-6-4-2/h11-14,17-20,23-26,29-32H,3-10,15-16,21-22,27-28,33-44H2,1-2H3,(H,47,49)(H,48,50)/b13-11-,14-12-,19-17-,20-18-,25-23-,26-24-,31-29-,32-30-. The lowest BCUT2D eigenvalue weighted by molar-refractivity contribution is -0.122. The smallest absolute Gasteiger partial charge is 0.220 e. The molecule has 282 valence electrons. The van der Waals surface area contributed by atoms with Crippen molar-refractivity contribution in [2.45, 2.75) is 168 Å². The van der Waals surface area contributed by atoms with Crippen molar-refractivity contribution in [2.75, 3.05) is 13.1 Å². The third kappa shape index (κ3) is 41.0. The maximum atomic E-state index is 12.1. The Balaban J connectivity index is 3.50. The maximum Gasteiger partial charge on any atom is 0.220 e. The van der Waals surface area contributed by atoms with Crippen molar-refractivity contribution >= 4 is 11.8 Å². The molecule has 0 aromatic carbocycles. The second-order valence-electron chi connectivity index (χ2n) is 13.1. The maximum absolute atomic E-state index is 12.1. The molecule has 0 saturated heterocycles. The summed E-state index contributed by atoms with van der Waals surface area (Å²) >= 11 is 0. The molecule has 0 atom stereocenters. The fourth-order valence-electron chi connectivity index (χ4n) is 5.12. The average Bonchev–Trinajstić information content (AvgIpc) is 3.12. The number of hydrogen-bond donors (Lipinski definition) is 2. The monoisotopic (exact) mass is 689 g/mol. The fourth-order valence-corrected chi connectivity index (χ4v) is 5.12. The second kappa shape index (κ2) is 42.0. The van der Waals surface area contributed by atoms with Gasteiger partial charge in [-0.25, -0.2) is 0 Å². The van der Waals surface area contributed by atoms with E-state index in [0.29, 0.717) is 12.8 Å². The van der Waals surface area contributed by atoms with E-state index >= 15 is 0 Å². The summed E-state index contributed by atoms with van der Waals surface area (Å²) in [7, 11) is 0. The summed E-state index contributed by atoms with van der Waals surface area (Å²) in [6, 6.07) is 0. The topological polar surface area (TPSA) is 58.2 Å². The van der Waals surface area contributed by atoms with Crippen LogP contribution >= 0.6 is 0 Å². The molecule has 0 bridgehead atoms. The van der Waals surface area contributed by atoms with Gasteiger partial charge >= 0.3 is 0 Å². The van der Waals surface area contributed by atoms with Gasteiger partial charge in [-0.15, -0.1) is 0 Å². The zero-order valence-electron chi connectivity index (χ0n) is 32.4. The van der Waals surface area contributed by atoms with Gasteiger partial charge < -0.3 is 10.6 Å². The summed E-state index contributed by atoms with van der Waals surface area (Å²) in [5, 5.41) is 6.08. The predicted molar refractivity (Wildman–Crippen MR) is 221 cm³/mol. The van der Waals surface area contributed by atoms with E-state index < -0.39 is 0 Å². The normalized spacial score (nSPS) is 12.6. The lowest BCUT2D eigenvalue weighted by Crippen LogP contribution is -2.24. The molecular formula is C46H76N2O2. The van der Waals surface area contributed by atoms with E-state index in [9.17, 15) is 9.59 Å². The van der Waals surface area contributed by atoms with E-state index in [1.165, 1.54) is 51.4 Å². The van der Waals surface area contributed by atoms with Crippen LogP contribution in [-0.4, -0.2) is 24.9 Å². The van der Waals surface area contributed by atoms with Crippen molar-refractivity contribution in [2.24, 2.45) is 0 Å². The average molecular weight is 689 g/mol. The Labute approximate surface area is 309 Å². The van der Waals surface area contributed by atoms with Crippen LogP contribution in [0, 0.1) is 0 Å². The number of allylic oxidation sites excluding steroid dienone is 16. The number of unbranched alkanes of at least 4 members (excludes halogenated alkanes) is 11. The van der Waals surface area contributed by atoms with Gasteiger partial charge in [-0.2, -0.15) is 0 Å². The molecule has 0 spiro atoms. The van der Waals surface area contributed by atoms with Gasteiger partial charge in [0.1, 0.15) is 0 Å². The molecule has 0 heterocycles. The number of carbonyl (C=O) groups is 2. The molecule has 4 heteroatoms. The van der Waals surface area contributed by atoms with Gasteiger partial charge in [0, 0.05) is 25.9 Å². The second-order valence-corrected chi connectivity index (χ2v) is 13.1. The minimum absolute atomic E-state index is 0.152. The number of hydrogen-bond acceptors (Lipinski definition) is 2. The predicted octanol–water partition coefficient (Wildman–Crippen LogP) is 13.1. The van der Waals surface area contributed by atoms with Crippen molar-refractivity contribution in [1.29, 1.82) is 0 Å². The van der Waals surface area contributed by atoms with Gasteiger partial charge in [0.05, 0.1) is 0 Å². The molecule has 0 aromatic rings. The first-order valence-corrected chi connectivity index (χ1v) is 20.4. The highest BCUT2D eigenvalue weighted by molar-refractivity contribution is 5.76. The first-order chi connectivity index (χ1) is 24.7. The Bertz CT molecular complexity index is 916. The van der Waals surface area contributed by atoms with Crippen LogP contribution in [0.25, 0.3) is 0 Å². The Morgan fingerprint density at radius 1 is 0.340 bits per heavy atom. The van der Waals surface area contributed by atoms with Crippen LogP contribution in [0.5, 0.6) is 0 Å². The van der Waals surface area contributed by atoms with Crippen molar-refractivity contribution in [1.82, 2.24) is 10.6 Å². The fraction of sp³-hybridized carbons (Fsp3) is 0.609. The van der Waals surface area contributed by atoms with E-state index in [1.807, 2.05) is 0 Å². The Morgan fingerprint density at radius 2 is 0.620 bits per heavy atom. The highest BCUT2D eigenvalue weighted by atomic mass is 16.2. The van der Waals surface area contributed by atoms with E-state index in [4.69, 9.17) is 0 Å². The van der Waals surface area contributed by atoms with Crippen LogP contribution in [0.1, 0.15) is 168 Å². The molecule has 0 unspecified atom stereocenters. The zero-order valence-corrected chi connectivity index (χ0v) is 32.4. The molecule has 0 aliphatic carbocycles. The van der Waals surface area contributed by atoms with Crippen molar-refractivity contribution in [3.63, 3.8) is 0 Å². The number of carbonyl (C=O) groups excluding carboxylic acids is 2. The highest BCUT2D eigenvalue weighted by Crippen LogP contribution is 2.04. The van der Waals surface area contributed by atoms with Gasteiger partial charge in [0.2, 0.25) is 11.8 Å². The van der Waals surface area contributed by atoms with Gasteiger partial charge in [-0.3, -0.25) is 9.59 Å². The molecule has 0 aromatic heterocycles. The lowest BCUT2D eigenvalue weighted by Gasteiger charge is -2.06. The number of nitrogens with one attached hydrogen (secondary N) is 2. The van der Waals surface area contributed by atoms with Crippen molar-refractivity contribution in [3.05, 3.63) is 97.2 Å². The summed E-state index contributed by atoms with van der Waals surface area (Å²) < 4.78 is 0. The van der Waals surface area contributed by atoms with Crippen molar-refractivity contribution < 1.29 is 9.59 Å². The molecule has 0 saturated carbocycles.